The first-order valence-corrected chi connectivity index (χ1v) is 4.94. The molecule has 14 heavy (non-hydrogen) atoms. The molecule has 1 heterocycles. The van der Waals surface area contributed by atoms with Crippen LogP contribution in [0.5, 0.6) is 0 Å². The van der Waals surface area contributed by atoms with Crippen LogP contribution in [-0.4, -0.2) is 0 Å². The van der Waals surface area contributed by atoms with Crippen LogP contribution >= 0.6 is 22.9 Å². The lowest BCUT2D eigenvalue weighted by atomic mass is 10.2. The van der Waals surface area contributed by atoms with Gasteiger partial charge in [0.1, 0.15) is 5.82 Å². The van der Waals surface area contributed by atoms with Crippen LogP contribution in [0, 0.1) is 5.82 Å². The highest BCUT2D eigenvalue weighted by atomic mass is 35.5. The van der Waals surface area contributed by atoms with Gasteiger partial charge in [-0.3, -0.25) is 0 Å². The van der Waals surface area contributed by atoms with Crippen molar-refractivity contribution < 1.29 is 13.2 Å². The van der Waals surface area contributed by atoms with E-state index in [0.29, 0.717) is 4.70 Å². The maximum atomic E-state index is 13.2. The minimum absolute atomic E-state index is 0.138. The minimum atomic E-state index is -2.56. The highest BCUT2D eigenvalue weighted by Gasteiger charge is 2.14. The molecule has 0 fully saturated rings. The molecule has 0 saturated carbocycles. The number of hydrogen-bond donors (Lipinski definition) is 0. The van der Waals surface area contributed by atoms with Gasteiger partial charge in [0.15, 0.2) is 0 Å². The highest BCUT2D eigenvalue weighted by molar-refractivity contribution is 7.19. The summed E-state index contributed by atoms with van der Waals surface area (Å²) in [4.78, 5) is -0.138. The van der Waals surface area contributed by atoms with E-state index in [9.17, 15) is 13.2 Å². The molecule has 0 atom stereocenters. The minimum Gasteiger partial charge on any atom is -0.206 e. The normalized spacial score (nSPS) is 11.5. The summed E-state index contributed by atoms with van der Waals surface area (Å²) < 4.78 is 38.2. The Kier molecular flexibility index (Phi) is 2.41. The SMILES string of the molecule is Fc1cc(Cl)cc2sc(C(F)F)cc12. The Morgan fingerprint density at radius 2 is 1.93 bits per heavy atom. The van der Waals surface area contributed by atoms with Crippen LogP contribution in [0.2, 0.25) is 5.02 Å². The zero-order valence-electron chi connectivity index (χ0n) is 6.73. The van der Waals surface area contributed by atoms with E-state index in [1.807, 2.05) is 0 Å². The molecular formula is C9H4ClF3S. The summed E-state index contributed by atoms with van der Waals surface area (Å²) in [6.07, 6.45) is -2.56. The van der Waals surface area contributed by atoms with Gasteiger partial charge in [0, 0.05) is 15.1 Å². The first-order chi connectivity index (χ1) is 6.58. The fourth-order valence-corrected chi connectivity index (χ4v) is 2.43. The molecule has 0 nitrogen and oxygen atoms in total. The molecule has 1 aromatic heterocycles. The van der Waals surface area contributed by atoms with Crippen molar-refractivity contribution in [2.75, 3.05) is 0 Å². The fourth-order valence-electron chi connectivity index (χ4n) is 1.19. The van der Waals surface area contributed by atoms with Crippen molar-refractivity contribution in [3.8, 4) is 0 Å². The lowest BCUT2D eigenvalue weighted by molar-refractivity contribution is 0.156. The Balaban J connectivity index is 2.70. The van der Waals surface area contributed by atoms with Gasteiger partial charge in [-0.15, -0.1) is 11.3 Å². The van der Waals surface area contributed by atoms with Gasteiger partial charge < -0.3 is 0 Å². The number of fused-ring (bicyclic) bond motifs is 1. The van der Waals surface area contributed by atoms with Gasteiger partial charge >= 0.3 is 0 Å². The van der Waals surface area contributed by atoms with E-state index < -0.39 is 12.2 Å². The van der Waals surface area contributed by atoms with Crippen molar-refractivity contribution >= 4 is 33.0 Å². The molecule has 0 unspecified atom stereocenters. The van der Waals surface area contributed by atoms with E-state index in [-0.39, 0.29) is 15.3 Å². The summed E-state index contributed by atoms with van der Waals surface area (Å²) in [5.74, 6) is -0.560. The maximum Gasteiger partial charge on any atom is 0.272 e. The molecule has 5 heteroatoms. The standard InChI is InChI=1S/C9H4ClF3S/c10-4-1-6(11)5-3-8(9(12)13)14-7(5)2-4/h1-3,9H. The summed E-state index contributed by atoms with van der Waals surface area (Å²) in [6, 6.07) is 3.76. The molecule has 0 radical (unpaired) electrons. The average molecular weight is 237 g/mol. The maximum absolute atomic E-state index is 13.2. The summed E-state index contributed by atoms with van der Waals surface area (Å²) in [5, 5.41) is 0.423. The number of thiophene rings is 1. The second-order valence-corrected chi connectivity index (χ2v) is 4.30. The first-order valence-electron chi connectivity index (χ1n) is 3.74. The Hall–Kier alpha value is -0.740. The van der Waals surface area contributed by atoms with E-state index >= 15 is 0 Å². The predicted octanol–water partition coefficient (Wildman–Crippen LogP) is 4.63. The lowest BCUT2D eigenvalue weighted by Gasteiger charge is -1.92. The molecule has 74 valence electrons. The van der Waals surface area contributed by atoms with Crippen molar-refractivity contribution in [3.05, 3.63) is 33.9 Å². The zero-order valence-corrected chi connectivity index (χ0v) is 8.30. The van der Waals surface area contributed by atoms with Crippen LogP contribution in [0.1, 0.15) is 11.3 Å². The van der Waals surface area contributed by atoms with Crippen LogP contribution in [0.25, 0.3) is 10.1 Å². The topological polar surface area (TPSA) is 0 Å². The van der Waals surface area contributed by atoms with E-state index in [4.69, 9.17) is 11.6 Å². The van der Waals surface area contributed by atoms with Crippen molar-refractivity contribution in [3.63, 3.8) is 0 Å². The first kappa shape index (κ1) is 9.80. The molecule has 0 N–H and O–H groups in total. The molecule has 0 aliphatic carbocycles. The predicted molar refractivity (Wildman–Crippen MR) is 51.8 cm³/mol. The van der Waals surface area contributed by atoms with Crippen molar-refractivity contribution in [2.45, 2.75) is 6.43 Å². The number of hydrogen-bond acceptors (Lipinski definition) is 1. The summed E-state index contributed by atoms with van der Waals surface area (Å²) in [7, 11) is 0. The third-order valence-corrected chi connectivity index (χ3v) is 3.09. The summed E-state index contributed by atoms with van der Waals surface area (Å²) >= 11 is 6.45. The molecule has 0 amide bonds. The largest absolute Gasteiger partial charge is 0.272 e. The van der Waals surface area contributed by atoms with Crippen LogP contribution < -0.4 is 0 Å². The van der Waals surface area contributed by atoms with Gasteiger partial charge in [-0.25, -0.2) is 13.2 Å². The van der Waals surface area contributed by atoms with E-state index in [1.54, 1.807) is 0 Å². The third-order valence-electron chi connectivity index (χ3n) is 1.79. The van der Waals surface area contributed by atoms with Gasteiger partial charge in [0.2, 0.25) is 0 Å². The van der Waals surface area contributed by atoms with E-state index in [0.717, 1.165) is 23.5 Å². The molecule has 2 rings (SSSR count). The van der Waals surface area contributed by atoms with Crippen LogP contribution in [-0.2, 0) is 0 Å². The van der Waals surface area contributed by atoms with E-state index in [2.05, 4.69) is 0 Å². The number of halogens is 4. The molecular weight excluding hydrogens is 233 g/mol. The van der Waals surface area contributed by atoms with Crippen LogP contribution in [0.4, 0.5) is 13.2 Å². The summed E-state index contributed by atoms with van der Waals surface area (Å²) in [5.41, 5.74) is 0. The smallest absolute Gasteiger partial charge is 0.206 e. The van der Waals surface area contributed by atoms with Gasteiger partial charge in [0.05, 0.1) is 4.88 Å². The molecule has 0 spiro atoms. The van der Waals surface area contributed by atoms with Crippen molar-refractivity contribution in [2.24, 2.45) is 0 Å². The van der Waals surface area contributed by atoms with Gasteiger partial charge in [0.25, 0.3) is 6.43 Å². The van der Waals surface area contributed by atoms with Crippen molar-refractivity contribution in [1.82, 2.24) is 0 Å². The molecule has 0 aliphatic heterocycles. The fraction of sp³-hybridized carbons (Fsp3) is 0.111. The van der Waals surface area contributed by atoms with Crippen LogP contribution in [0.15, 0.2) is 18.2 Å². The molecule has 1 aromatic carbocycles. The molecule has 0 aliphatic rings. The average Bonchev–Trinajstić information content (AvgIpc) is 2.47. The Morgan fingerprint density at radius 1 is 1.21 bits per heavy atom. The quantitative estimate of drug-likeness (QED) is 0.677. The van der Waals surface area contributed by atoms with Crippen molar-refractivity contribution in [1.29, 1.82) is 0 Å². The number of benzene rings is 1. The van der Waals surface area contributed by atoms with E-state index in [1.165, 1.54) is 6.07 Å². The zero-order chi connectivity index (χ0) is 10.3. The molecule has 2 aromatic rings. The van der Waals surface area contributed by atoms with Gasteiger partial charge in [-0.2, -0.15) is 0 Å². The Bertz CT molecular complexity index is 478. The molecule has 0 bridgehead atoms. The van der Waals surface area contributed by atoms with Gasteiger partial charge in [-0.05, 0) is 18.2 Å². The second kappa shape index (κ2) is 3.44. The Morgan fingerprint density at radius 3 is 2.57 bits per heavy atom. The third kappa shape index (κ3) is 1.60. The monoisotopic (exact) mass is 236 g/mol. The van der Waals surface area contributed by atoms with Gasteiger partial charge in [-0.1, -0.05) is 11.6 Å². The van der Waals surface area contributed by atoms with Crippen LogP contribution in [0.3, 0.4) is 0 Å². The second-order valence-electron chi connectivity index (χ2n) is 2.75. The molecule has 0 saturated heterocycles. The lowest BCUT2D eigenvalue weighted by Crippen LogP contribution is -1.75. The Labute approximate surface area is 86.9 Å². The highest BCUT2D eigenvalue weighted by Crippen LogP contribution is 2.35. The number of rotatable bonds is 1. The number of alkyl halides is 2. The summed E-state index contributed by atoms with van der Waals surface area (Å²) in [6.45, 7) is 0.